The molecule has 6 N–H and O–H groups in total. The summed E-state index contributed by atoms with van der Waals surface area (Å²) in [7, 11) is 0. The average molecular weight is 615 g/mol. The highest BCUT2D eigenvalue weighted by molar-refractivity contribution is 5.87. The third-order valence-corrected chi connectivity index (χ3v) is 5.11. The van der Waals surface area contributed by atoms with Crippen molar-refractivity contribution in [2.45, 2.75) is 18.9 Å². The number of amides is 3. The number of hydroxylamine groups is 1. The Morgan fingerprint density at radius 2 is 1.26 bits per heavy atom. The predicted octanol–water partition coefficient (Wildman–Crippen LogP) is -1.88. The van der Waals surface area contributed by atoms with E-state index in [2.05, 4.69) is 21.4 Å². The molecule has 0 bridgehead atoms. The Morgan fingerprint density at radius 1 is 0.721 bits per heavy atom. The van der Waals surface area contributed by atoms with Gasteiger partial charge in [-0.25, -0.2) is 4.79 Å². The lowest BCUT2D eigenvalue weighted by Crippen LogP contribution is -2.40. The van der Waals surface area contributed by atoms with Crippen molar-refractivity contribution in [1.82, 2.24) is 21.4 Å². The van der Waals surface area contributed by atoms with Crippen LogP contribution in [0.1, 0.15) is 23.2 Å². The van der Waals surface area contributed by atoms with Crippen molar-refractivity contribution in [2.24, 2.45) is 0 Å². The Bertz CT molecular complexity index is 1010. The first-order chi connectivity index (χ1) is 20.7. The van der Waals surface area contributed by atoms with E-state index in [-0.39, 0.29) is 108 Å². The standard InChI is InChI=1S/C26H38N4O13/c31-10-7-27-23(33)17-41-15-14-40-12-9-29-24(34)18-42-16-13-39-11-8-28-22(32)6-5-21(26(37)38)30-43-20-3-1-19(2-4-20)25(35)36/h1-4,10,21,30H,5-9,11-18H2,(H,27,33)(H,28,32)(H,29,34)(H,35,36)(H,37,38)/t21-/m0/s1. The van der Waals surface area contributed by atoms with Crippen LogP contribution in [0, 0.1) is 0 Å². The minimum atomic E-state index is -1.22. The van der Waals surface area contributed by atoms with Crippen LogP contribution in [0.2, 0.25) is 0 Å². The van der Waals surface area contributed by atoms with Crippen molar-refractivity contribution < 1.29 is 62.8 Å². The third kappa shape index (κ3) is 19.6. The second-order valence-corrected chi connectivity index (χ2v) is 8.48. The molecule has 0 unspecified atom stereocenters. The zero-order chi connectivity index (χ0) is 31.7. The number of hydrogen-bond donors (Lipinski definition) is 6. The van der Waals surface area contributed by atoms with Crippen LogP contribution in [0.3, 0.4) is 0 Å². The summed E-state index contributed by atoms with van der Waals surface area (Å²) in [6, 6.07) is 4.17. The molecule has 1 aromatic rings. The van der Waals surface area contributed by atoms with Crippen LogP contribution in [-0.4, -0.2) is 125 Å². The molecule has 17 heteroatoms. The largest absolute Gasteiger partial charge is 0.480 e. The minimum absolute atomic E-state index is 0.0521. The van der Waals surface area contributed by atoms with Crippen molar-refractivity contribution in [3.63, 3.8) is 0 Å². The molecule has 0 fully saturated rings. The lowest BCUT2D eigenvalue weighted by Gasteiger charge is -2.15. The number of carboxylic acids is 2. The fraction of sp³-hybridized carbons (Fsp3) is 0.538. The normalized spacial score (nSPS) is 11.3. The van der Waals surface area contributed by atoms with E-state index < -0.39 is 23.9 Å². The Morgan fingerprint density at radius 3 is 1.79 bits per heavy atom. The highest BCUT2D eigenvalue weighted by Crippen LogP contribution is 2.12. The van der Waals surface area contributed by atoms with Gasteiger partial charge in [-0.3, -0.25) is 19.2 Å². The van der Waals surface area contributed by atoms with E-state index in [1.165, 1.54) is 24.3 Å². The molecule has 3 amide bonds. The van der Waals surface area contributed by atoms with E-state index in [0.29, 0.717) is 6.29 Å². The number of aliphatic carboxylic acids is 1. The monoisotopic (exact) mass is 614 g/mol. The van der Waals surface area contributed by atoms with E-state index in [9.17, 15) is 33.9 Å². The highest BCUT2D eigenvalue weighted by atomic mass is 16.6. The zero-order valence-electron chi connectivity index (χ0n) is 23.5. The quantitative estimate of drug-likeness (QED) is 0.0380. The Hall–Kier alpha value is -4.16. The first-order valence-corrected chi connectivity index (χ1v) is 13.3. The van der Waals surface area contributed by atoms with Crippen molar-refractivity contribution >= 4 is 35.9 Å². The molecule has 1 atom stereocenters. The maximum Gasteiger partial charge on any atom is 0.335 e. The lowest BCUT2D eigenvalue weighted by molar-refractivity contribution is -0.142. The molecule has 0 saturated carbocycles. The topological polar surface area (TPSA) is 237 Å². The molecule has 1 aromatic carbocycles. The highest BCUT2D eigenvalue weighted by Gasteiger charge is 2.19. The number of carboxylic acid groups (broad SMARTS) is 2. The molecule has 0 saturated heterocycles. The smallest absolute Gasteiger partial charge is 0.335 e. The number of nitrogens with one attached hydrogen (secondary N) is 4. The number of aromatic carboxylic acids is 1. The van der Waals surface area contributed by atoms with Crippen LogP contribution in [-0.2, 0) is 42.9 Å². The molecule has 0 aliphatic carbocycles. The Kier molecular flexibility index (Phi) is 20.1. The van der Waals surface area contributed by atoms with Crippen LogP contribution in [0.15, 0.2) is 24.3 Å². The van der Waals surface area contributed by atoms with Crippen LogP contribution in [0.5, 0.6) is 5.75 Å². The summed E-state index contributed by atoms with van der Waals surface area (Å²) in [5.41, 5.74) is 2.40. The van der Waals surface area contributed by atoms with E-state index >= 15 is 0 Å². The summed E-state index contributed by atoms with van der Waals surface area (Å²) in [6.45, 7) is 1.22. The molecule has 17 nitrogen and oxygen atoms in total. The molecule has 0 heterocycles. The number of ether oxygens (including phenoxy) is 4. The van der Waals surface area contributed by atoms with Crippen LogP contribution >= 0.6 is 0 Å². The zero-order valence-corrected chi connectivity index (χ0v) is 23.5. The van der Waals surface area contributed by atoms with Crippen molar-refractivity contribution in [3.8, 4) is 5.75 Å². The molecule has 0 spiro atoms. The number of aldehydes is 1. The van der Waals surface area contributed by atoms with Crippen molar-refractivity contribution in [1.29, 1.82) is 0 Å². The maximum absolute atomic E-state index is 12.0. The maximum atomic E-state index is 12.0. The molecular weight excluding hydrogens is 576 g/mol. The molecule has 0 aromatic heterocycles. The number of carbonyl (C=O) groups is 6. The second kappa shape index (κ2) is 23.4. The molecular formula is C26H38N4O13. The van der Waals surface area contributed by atoms with Crippen molar-refractivity contribution in [2.75, 3.05) is 72.5 Å². The van der Waals surface area contributed by atoms with Crippen LogP contribution < -0.4 is 26.3 Å². The number of rotatable bonds is 26. The molecule has 0 aliphatic heterocycles. The predicted molar refractivity (Wildman–Crippen MR) is 146 cm³/mol. The van der Waals surface area contributed by atoms with E-state index in [1.54, 1.807) is 0 Å². The van der Waals surface area contributed by atoms with Crippen LogP contribution in [0.25, 0.3) is 0 Å². The van der Waals surface area contributed by atoms with Gasteiger partial charge in [0.15, 0.2) is 0 Å². The van der Waals surface area contributed by atoms with E-state index in [4.69, 9.17) is 28.9 Å². The number of hydrogen-bond acceptors (Lipinski definition) is 12. The summed E-state index contributed by atoms with van der Waals surface area (Å²) in [4.78, 5) is 72.5. The minimum Gasteiger partial charge on any atom is -0.480 e. The molecule has 43 heavy (non-hydrogen) atoms. The van der Waals surface area contributed by atoms with Gasteiger partial charge < -0.3 is 54.7 Å². The van der Waals surface area contributed by atoms with Crippen LogP contribution in [0.4, 0.5) is 0 Å². The molecule has 240 valence electrons. The Balaban J connectivity index is 1.98. The van der Waals surface area contributed by atoms with Gasteiger partial charge in [-0.1, -0.05) is 0 Å². The first kappa shape index (κ1) is 36.9. The number of benzene rings is 1. The van der Waals surface area contributed by atoms with E-state index in [1.807, 2.05) is 0 Å². The van der Waals surface area contributed by atoms with Crippen molar-refractivity contribution in [3.05, 3.63) is 29.8 Å². The van der Waals surface area contributed by atoms with Gasteiger partial charge in [0.25, 0.3) is 0 Å². The second-order valence-electron chi connectivity index (χ2n) is 8.48. The summed E-state index contributed by atoms with van der Waals surface area (Å²) < 4.78 is 20.8. The Labute approximate surface area is 247 Å². The fourth-order valence-electron chi connectivity index (χ4n) is 2.95. The third-order valence-electron chi connectivity index (χ3n) is 5.11. The lowest BCUT2D eigenvalue weighted by atomic mass is 10.1. The first-order valence-electron chi connectivity index (χ1n) is 13.3. The van der Waals surface area contributed by atoms with Gasteiger partial charge >= 0.3 is 11.9 Å². The van der Waals surface area contributed by atoms with E-state index in [0.717, 1.165) is 0 Å². The summed E-state index contributed by atoms with van der Waals surface area (Å²) >= 11 is 0. The molecule has 1 rings (SSSR count). The van der Waals surface area contributed by atoms with Gasteiger partial charge in [-0.2, -0.15) is 0 Å². The SMILES string of the molecule is O=CCNC(=O)COCCOCCNC(=O)COCCOCCNC(=O)CC[C@H](NOc1ccc(C(=O)O)cc1)C(=O)O. The summed E-state index contributed by atoms with van der Waals surface area (Å²) in [6.07, 6.45) is 0.417. The van der Waals surface area contributed by atoms with Gasteiger partial charge in [0, 0.05) is 19.5 Å². The van der Waals surface area contributed by atoms with Gasteiger partial charge in [0.2, 0.25) is 17.7 Å². The van der Waals surface area contributed by atoms with Gasteiger partial charge in [0.05, 0.1) is 51.7 Å². The molecule has 0 radical (unpaired) electrons. The summed E-state index contributed by atoms with van der Waals surface area (Å²) in [5, 5.41) is 25.7. The van der Waals surface area contributed by atoms with Gasteiger partial charge in [0.1, 0.15) is 31.3 Å². The van der Waals surface area contributed by atoms with Gasteiger partial charge in [-0.05, 0) is 30.7 Å². The average Bonchev–Trinajstić information content (AvgIpc) is 2.98. The fourth-order valence-corrected chi connectivity index (χ4v) is 2.95. The van der Waals surface area contributed by atoms with Gasteiger partial charge in [-0.15, -0.1) is 5.48 Å². The number of carbonyl (C=O) groups excluding carboxylic acids is 4. The summed E-state index contributed by atoms with van der Waals surface area (Å²) in [5.74, 6) is -3.24. The molecule has 0 aliphatic rings.